The van der Waals surface area contributed by atoms with Crippen LogP contribution in [0.1, 0.15) is 28.8 Å². The first-order valence-electron chi connectivity index (χ1n) is 11.3. The molecule has 0 aromatic heterocycles. The Morgan fingerprint density at radius 3 is 2.36 bits per heavy atom. The van der Waals surface area contributed by atoms with Crippen LogP contribution in [0.3, 0.4) is 0 Å². The summed E-state index contributed by atoms with van der Waals surface area (Å²) in [5.74, 6) is -14.5. The number of ether oxygens (including phenoxy) is 1. The highest BCUT2D eigenvalue weighted by Crippen LogP contribution is 2.55. The number of phenols is 1. The summed E-state index contributed by atoms with van der Waals surface area (Å²) in [6, 6.07) is 2.91. The van der Waals surface area contributed by atoms with Crippen LogP contribution in [-0.2, 0) is 28.7 Å². The second-order valence-electron chi connectivity index (χ2n) is 9.72. The molecule has 8 atom stereocenters. The maximum atomic E-state index is 13.9. The van der Waals surface area contributed by atoms with Crippen molar-refractivity contribution in [2.75, 3.05) is 14.1 Å². The number of likely N-dealkylation sites (N-methyl/N-ethyl adjacent to an activating group) is 1. The van der Waals surface area contributed by atoms with Crippen molar-refractivity contribution in [1.29, 1.82) is 0 Å². The molecule has 3 aliphatic rings. The van der Waals surface area contributed by atoms with Crippen LogP contribution in [0.25, 0.3) is 0 Å². The minimum Gasteiger partial charge on any atom is -0.507 e. The largest absolute Gasteiger partial charge is 0.507 e. The fourth-order valence-corrected chi connectivity index (χ4v) is 6.25. The van der Waals surface area contributed by atoms with E-state index in [1.807, 2.05) is 0 Å². The van der Waals surface area contributed by atoms with Gasteiger partial charge in [-0.2, -0.15) is 0 Å². The Bertz CT molecular complexity index is 1240. The van der Waals surface area contributed by atoms with E-state index in [1.54, 1.807) is 13.0 Å². The van der Waals surface area contributed by atoms with Crippen molar-refractivity contribution >= 4 is 35.0 Å². The van der Waals surface area contributed by atoms with Gasteiger partial charge in [-0.25, -0.2) is 4.79 Å². The number of amides is 1. The summed E-state index contributed by atoms with van der Waals surface area (Å²) in [6.45, 7) is 5.01. The molecule has 2 unspecified atom stereocenters. The van der Waals surface area contributed by atoms with Gasteiger partial charge in [-0.05, 0) is 31.6 Å². The fraction of sp³-hybridized carbons (Fsp3) is 0.440. The number of primary amides is 1. The molecule has 11 nitrogen and oxygen atoms in total. The number of rotatable bonds is 4. The summed E-state index contributed by atoms with van der Waals surface area (Å²) in [5, 5.41) is 22.2. The number of phenolic OH excluding ortho intramolecular Hbond substituents is 1. The number of carbonyl (C=O) groups excluding carboxylic acids is 6. The van der Waals surface area contributed by atoms with E-state index in [9.17, 15) is 39.0 Å². The number of nitrogens with two attached hydrogens (primary N) is 1. The Kier molecular flexibility index (Phi) is 5.96. The predicted octanol–water partition coefficient (Wildman–Crippen LogP) is -0.864. The van der Waals surface area contributed by atoms with E-state index in [-0.39, 0.29) is 5.56 Å². The van der Waals surface area contributed by atoms with Crippen LogP contribution in [0.15, 0.2) is 30.9 Å². The Morgan fingerprint density at radius 2 is 1.81 bits per heavy atom. The van der Waals surface area contributed by atoms with Gasteiger partial charge in [0.05, 0.1) is 23.4 Å². The quantitative estimate of drug-likeness (QED) is 0.268. The standard InChI is InChI=1S/C25H26N2O9/c1-5-12(29)36-21-13-9(2)10-7-6-8-11(28)14(10)19(30)15(13)22(32)25(35)17(21)18(27(3)4)20(31)16(23(25)33)24(26)34/h5-9,13,15-18,21,28,35H,1H2,2-4H3,(H2,26,34)/t9-,13+,15?,16?,17+,18-,21-,25-/m1/s1. The van der Waals surface area contributed by atoms with E-state index in [0.29, 0.717) is 5.56 Å². The molecule has 1 aromatic rings. The molecule has 2 fully saturated rings. The summed E-state index contributed by atoms with van der Waals surface area (Å²) in [5.41, 5.74) is 2.50. The van der Waals surface area contributed by atoms with Gasteiger partial charge in [0, 0.05) is 12.0 Å². The van der Waals surface area contributed by atoms with Gasteiger partial charge in [0.2, 0.25) is 5.91 Å². The van der Waals surface area contributed by atoms with Crippen molar-refractivity contribution < 1.29 is 43.7 Å². The number of hydrogen-bond acceptors (Lipinski definition) is 10. The number of fused-ring (bicyclic) bond motifs is 3. The SMILES string of the molecule is C=CC(=O)O[C@@H]1[C@@H]2C(C(=O)c3c(O)cccc3[C@H]2C)C(=O)[C@@]2(O)C(=O)C(C(N)=O)C(=O)[C@H](N(C)C)[C@@H]12. The molecule has 0 spiro atoms. The van der Waals surface area contributed by atoms with Gasteiger partial charge in [-0.3, -0.25) is 28.9 Å². The maximum absolute atomic E-state index is 13.9. The van der Waals surface area contributed by atoms with Crippen LogP contribution < -0.4 is 5.73 Å². The predicted molar refractivity (Wildman–Crippen MR) is 122 cm³/mol. The highest BCUT2D eigenvalue weighted by atomic mass is 16.5. The summed E-state index contributed by atoms with van der Waals surface area (Å²) in [7, 11) is 2.87. The second kappa shape index (κ2) is 8.45. The van der Waals surface area contributed by atoms with Gasteiger partial charge in [0.15, 0.2) is 34.7 Å². The average molecular weight is 498 g/mol. The minimum atomic E-state index is -3.05. The normalized spacial score (nSPS) is 35.5. The lowest BCUT2D eigenvalue weighted by Crippen LogP contribution is -2.78. The van der Waals surface area contributed by atoms with Gasteiger partial charge >= 0.3 is 5.97 Å². The summed E-state index contributed by atoms with van der Waals surface area (Å²) >= 11 is 0. The van der Waals surface area contributed by atoms with E-state index in [2.05, 4.69) is 6.58 Å². The lowest BCUT2D eigenvalue weighted by atomic mass is 9.49. The highest BCUT2D eigenvalue weighted by Gasteiger charge is 2.74. The molecule has 4 N–H and O–H groups in total. The molecule has 3 aliphatic carbocycles. The third-order valence-electron chi connectivity index (χ3n) is 7.74. The van der Waals surface area contributed by atoms with Crippen molar-refractivity contribution in [3.05, 3.63) is 42.0 Å². The number of Topliss-reactive ketones (excluding diaryl/α,β-unsaturated/α-hetero) is 4. The van der Waals surface area contributed by atoms with Gasteiger partial charge in [-0.15, -0.1) is 0 Å². The minimum absolute atomic E-state index is 0.148. The second-order valence-corrected chi connectivity index (χ2v) is 9.72. The fourth-order valence-electron chi connectivity index (χ4n) is 6.25. The van der Waals surface area contributed by atoms with Crippen molar-refractivity contribution in [1.82, 2.24) is 4.90 Å². The maximum Gasteiger partial charge on any atom is 0.330 e. The molecule has 0 bridgehead atoms. The molecule has 1 amide bonds. The average Bonchev–Trinajstić information content (AvgIpc) is 2.80. The number of aliphatic hydroxyl groups is 1. The van der Waals surface area contributed by atoms with E-state index in [0.717, 1.165) is 6.08 Å². The molecule has 0 heterocycles. The monoisotopic (exact) mass is 498 g/mol. The zero-order chi connectivity index (χ0) is 26.9. The van der Waals surface area contributed by atoms with Crippen LogP contribution in [0.2, 0.25) is 0 Å². The summed E-state index contributed by atoms with van der Waals surface area (Å²) < 4.78 is 5.60. The van der Waals surface area contributed by atoms with Gasteiger partial charge in [0.1, 0.15) is 11.9 Å². The van der Waals surface area contributed by atoms with E-state index >= 15 is 0 Å². The number of benzene rings is 1. The van der Waals surface area contributed by atoms with Crippen molar-refractivity contribution in [2.45, 2.75) is 30.6 Å². The molecule has 0 radical (unpaired) electrons. The van der Waals surface area contributed by atoms with Crippen LogP contribution in [0.5, 0.6) is 5.75 Å². The molecule has 0 aliphatic heterocycles. The number of esters is 1. The highest BCUT2D eigenvalue weighted by molar-refractivity contribution is 6.32. The molecular formula is C25H26N2O9. The number of carbonyl (C=O) groups is 6. The smallest absolute Gasteiger partial charge is 0.330 e. The van der Waals surface area contributed by atoms with Gasteiger partial charge in [0.25, 0.3) is 0 Å². The van der Waals surface area contributed by atoms with Crippen molar-refractivity contribution in [3.63, 3.8) is 0 Å². The first-order valence-corrected chi connectivity index (χ1v) is 11.3. The van der Waals surface area contributed by atoms with Crippen LogP contribution in [-0.4, -0.2) is 82.0 Å². The topological polar surface area (TPSA) is 181 Å². The lowest BCUT2D eigenvalue weighted by molar-refractivity contribution is -0.204. The molecule has 0 saturated heterocycles. The number of hydrogen-bond donors (Lipinski definition) is 3. The molecule has 2 saturated carbocycles. The molecule has 190 valence electrons. The zero-order valence-corrected chi connectivity index (χ0v) is 19.8. The first kappa shape index (κ1) is 25.4. The number of ketones is 4. The Labute approximate surface area is 205 Å². The third kappa shape index (κ3) is 3.19. The zero-order valence-electron chi connectivity index (χ0n) is 19.8. The van der Waals surface area contributed by atoms with Gasteiger partial charge in [-0.1, -0.05) is 25.6 Å². The van der Waals surface area contributed by atoms with E-state index in [1.165, 1.54) is 31.1 Å². The molecule has 4 rings (SSSR count). The molecule has 1 aromatic carbocycles. The van der Waals surface area contributed by atoms with Crippen molar-refractivity contribution in [3.8, 4) is 5.75 Å². The molecule has 11 heteroatoms. The number of aromatic hydroxyl groups is 1. The third-order valence-corrected chi connectivity index (χ3v) is 7.74. The van der Waals surface area contributed by atoms with Crippen LogP contribution in [0, 0.1) is 23.7 Å². The van der Waals surface area contributed by atoms with Crippen molar-refractivity contribution in [2.24, 2.45) is 29.4 Å². The Morgan fingerprint density at radius 1 is 1.17 bits per heavy atom. The van der Waals surface area contributed by atoms with Crippen LogP contribution in [0.4, 0.5) is 0 Å². The van der Waals surface area contributed by atoms with Gasteiger partial charge < -0.3 is 20.7 Å². The summed E-state index contributed by atoms with van der Waals surface area (Å²) in [4.78, 5) is 80.2. The van der Waals surface area contributed by atoms with E-state index < -0.39 is 88.1 Å². The van der Waals surface area contributed by atoms with Crippen LogP contribution >= 0.6 is 0 Å². The Hall–Kier alpha value is -3.70. The molecular weight excluding hydrogens is 472 g/mol. The number of nitrogens with zero attached hydrogens (tertiary/aromatic N) is 1. The summed E-state index contributed by atoms with van der Waals surface area (Å²) in [6.07, 6.45) is -0.657. The Balaban J connectivity index is 2.03. The first-order chi connectivity index (χ1) is 16.8. The molecule has 36 heavy (non-hydrogen) atoms. The lowest BCUT2D eigenvalue weighted by Gasteiger charge is -2.56. The van der Waals surface area contributed by atoms with E-state index in [4.69, 9.17) is 10.5 Å².